The molecule has 0 aliphatic rings. The molecule has 6 nitrogen and oxygen atoms in total. The van der Waals surface area contributed by atoms with Crippen LogP contribution in [0.2, 0.25) is 0 Å². The lowest BCUT2D eigenvalue weighted by atomic mass is 10.1. The molecular weight excluding hydrogens is 381 g/mol. The maximum Gasteiger partial charge on any atom is 0.416 e. The smallest absolute Gasteiger partial charge is 0.367 e. The summed E-state index contributed by atoms with van der Waals surface area (Å²) in [6, 6.07) is 13.6. The fraction of sp³-hybridized carbons (Fsp3) is 0.100. The molecular formula is C20H17F3N6. The summed E-state index contributed by atoms with van der Waals surface area (Å²) >= 11 is 0. The summed E-state index contributed by atoms with van der Waals surface area (Å²) in [5.41, 5.74) is 6.95. The summed E-state index contributed by atoms with van der Waals surface area (Å²) < 4.78 is 37.6. The predicted molar refractivity (Wildman–Crippen MR) is 107 cm³/mol. The van der Waals surface area contributed by atoms with Gasteiger partial charge in [0, 0.05) is 13.3 Å². The Kier molecular flexibility index (Phi) is 7.26. The van der Waals surface area contributed by atoms with Crippen LogP contribution in [0.5, 0.6) is 0 Å². The summed E-state index contributed by atoms with van der Waals surface area (Å²) in [7, 11) is 1.53. The summed E-state index contributed by atoms with van der Waals surface area (Å²) in [6.07, 6.45) is 1.85. The maximum absolute atomic E-state index is 12.5. The third kappa shape index (κ3) is 6.95. The van der Waals surface area contributed by atoms with Crippen molar-refractivity contribution in [2.45, 2.75) is 6.18 Å². The molecule has 2 rings (SSSR count). The first-order valence-corrected chi connectivity index (χ1v) is 8.28. The third-order valence-electron chi connectivity index (χ3n) is 3.59. The van der Waals surface area contributed by atoms with Crippen molar-refractivity contribution >= 4 is 24.5 Å². The van der Waals surface area contributed by atoms with Crippen LogP contribution in [-0.4, -0.2) is 30.4 Å². The summed E-state index contributed by atoms with van der Waals surface area (Å²) in [5, 5.41) is 21.5. The lowest BCUT2D eigenvalue weighted by Gasteiger charge is -2.09. The van der Waals surface area contributed by atoms with Crippen molar-refractivity contribution in [3.63, 3.8) is 0 Å². The lowest BCUT2D eigenvalue weighted by Crippen LogP contribution is -2.29. The molecule has 0 aliphatic carbocycles. The molecule has 2 aromatic carbocycles. The molecule has 2 aromatic rings. The molecule has 29 heavy (non-hydrogen) atoms. The van der Waals surface area contributed by atoms with Crippen LogP contribution >= 0.6 is 0 Å². The highest BCUT2D eigenvalue weighted by atomic mass is 19.4. The predicted octanol–water partition coefficient (Wildman–Crippen LogP) is 3.86. The molecule has 0 aliphatic heterocycles. The van der Waals surface area contributed by atoms with Crippen molar-refractivity contribution in [1.82, 2.24) is 5.01 Å². The molecule has 0 aromatic heterocycles. The van der Waals surface area contributed by atoms with Crippen LogP contribution in [0.3, 0.4) is 0 Å². The Balaban J connectivity index is 1.91. The highest BCUT2D eigenvalue weighted by Gasteiger charge is 2.29. The second-order valence-electron chi connectivity index (χ2n) is 5.70. The first-order chi connectivity index (χ1) is 13.8. The Hall–Kier alpha value is -3.93. The number of halogens is 3. The van der Waals surface area contributed by atoms with Crippen molar-refractivity contribution in [3.05, 3.63) is 76.9 Å². The van der Waals surface area contributed by atoms with E-state index in [0.29, 0.717) is 11.1 Å². The van der Waals surface area contributed by atoms with E-state index in [1.54, 1.807) is 36.4 Å². The van der Waals surface area contributed by atoms with Crippen LogP contribution in [0.15, 0.2) is 69.9 Å². The van der Waals surface area contributed by atoms with Gasteiger partial charge in [0.05, 0.1) is 23.4 Å². The van der Waals surface area contributed by atoms with Crippen LogP contribution in [0.25, 0.3) is 6.08 Å². The van der Waals surface area contributed by atoms with Crippen LogP contribution < -0.4 is 5.73 Å². The molecule has 0 amide bonds. The van der Waals surface area contributed by atoms with Gasteiger partial charge in [0.1, 0.15) is 0 Å². The monoisotopic (exact) mass is 398 g/mol. The Morgan fingerprint density at radius 3 is 2.28 bits per heavy atom. The maximum atomic E-state index is 12.5. The average molecular weight is 398 g/mol. The number of nitriles is 1. The molecule has 148 valence electrons. The quantitative estimate of drug-likeness (QED) is 0.471. The number of allylic oxidation sites excluding steroid dienone is 1. The van der Waals surface area contributed by atoms with Crippen molar-refractivity contribution in [3.8, 4) is 6.07 Å². The minimum Gasteiger partial charge on any atom is -0.367 e. The van der Waals surface area contributed by atoms with Crippen LogP contribution in [0, 0.1) is 11.3 Å². The van der Waals surface area contributed by atoms with Gasteiger partial charge in [-0.15, -0.1) is 5.10 Å². The Morgan fingerprint density at radius 2 is 1.69 bits per heavy atom. The van der Waals surface area contributed by atoms with Gasteiger partial charge in [0.2, 0.25) is 5.96 Å². The molecule has 0 radical (unpaired) electrons. The van der Waals surface area contributed by atoms with E-state index in [-0.39, 0.29) is 5.96 Å². The van der Waals surface area contributed by atoms with Crippen molar-refractivity contribution < 1.29 is 13.2 Å². The number of hydrogen-bond acceptors (Lipinski definition) is 4. The van der Waals surface area contributed by atoms with Crippen molar-refractivity contribution in [2.75, 3.05) is 7.05 Å². The largest absolute Gasteiger partial charge is 0.416 e. The zero-order valence-electron chi connectivity index (χ0n) is 15.4. The topological polar surface area (TPSA) is 90.1 Å². The summed E-state index contributed by atoms with van der Waals surface area (Å²) in [4.78, 5) is 0. The molecule has 0 bridgehead atoms. The second kappa shape index (κ2) is 9.85. The van der Waals surface area contributed by atoms with Crippen molar-refractivity contribution in [1.29, 1.82) is 5.26 Å². The number of hydrogen-bond donors (Lipinski definition) is 1. The SMILES string of the molecule is CN(N=Cc1ccc(C(F)(F)F)cc1)/C(N)=N\N=CC=Cc1ccc(C#N)cc1. The number of nitrogens with two attached hydrogens (primary N) is 1. The molecule has 0 saturated heterocycles. The molecule has 0 heterocycles. The van der Waals surface area contributed by atoms with Crippen LogP contribution in [0.4, 0.5) is 13.2 Å². The molecule has 0 unspecified atom stereocenters. The molecule has 0 atom stereocenters. The first-order valence-electron chi connectivity index (χ1n) is 8.28. The Bertz CT molecular complexity index is 965. The zero-order chi connectivity index (χ0) is 21.3. The third-order valence-corrected chi connectivity index (χ3v) is 3.59. The minimum absolute atomic E-state index is 0.00353. The van der Waals surface area contributed by atoms with Gasteiger partial charge in [-0.2, -0.15) is 28.6 Å². The number of rotatable bonds is 5. The summed E-state index contributed by atoms with van der Waals surface area (Å²) in [6.45, 7) is 0. The van der Waals surface area contributed by atoms with Gasteiger partial charge >= 0.3 is 6.18 Å². The number of alkyl halides is 3. The van der Waals surface area contributed by atoms with E-state index in [4.69, 9.17) is 11.0 Å². The molecule has 0 saturated carbocycles. The first kappa shape index (κ1) is 21.4. The van der Waals surface area contributed by atoms with Crippen LogP contribution in [-0.2, 0) is 6.18 Å². The Labute approximate surface area is 165 Å². The highest BCUT2D eigenvalue weighted by Crippen LogP contribution is 2.28. The van der Waals surface area contributed by atoms with E-state index in [1.807, 2.05) is 6.07 Å². The van der Waals surface area contributed by atoms with E-state index < -0.39 is 11.7 Å². The van der Waals surface area contributed by atoms with Gasteiger partial charge in [0.15, 0.2) is 0 Å². The van der Waals surface area contributed by atoms with Gasteiger partial charge in [-0.1, -0.05) is 30.3 Å². The standard InChI is InChI=1S/C20H17F3N6/c1-29(27-14-17-8-10-18(11-9-17)20(21,22)23)19(25)28-26-12-2-3-15-4-6-16(13-24)7-5-15/h2-12,14H,1H3,(H2,25,28). The van der Waals surface area contributed by atoms with Gasteiger partial charge in [-0.3, -0.25) is 0 Å². The number of benzene rings is 2. The van der Waals surface area contributed by atoms with Crippen LogP contribution in [0.1, 0.15) is 22.3 Å². The molecule has 9 heteroatoms. The minimum atomic E-state index is -4.38. The van der Waals surface area contributed by atoms with Gasteiger partial charge in [0.25, 0.3) is 0 Å². The van der Waals surface area contributed by atoms with E-state index in [2.05, 4.69) is 15.3 Å². The Morgan fingerprint density at radius 1 is 1.07 bits per heavy atom. The number of hydrazone groups is 1. The van der Waals surface area contributed by atoms with Gasteiger partial charge < -0.3 is 5.73 Å². The molecule has 0 fully saturated rings. The fourth-order valence-corrected chi connectivity index (χ4v) is 1.99. The fourth-order valence-electron chi connectivity index (χ4n) is 1.99. The molecule has 2 N–H and O–H groups in total. The second-order valence-corrected chi connectivity index (χ2v) is 5.70. The van der Waals surface area contributed by atoms with E-state index in [1.165, 1.54) is 36.6 Å². The van der Waals surface area contributed by atoms with E-state index in [9.17, 15) is 13.2 Å². The zero-order valence-corrected chi connectivity index (χ0v) is 15.4. The summed E-state index contributed by atoms with van der Waals surface area (Å²) in [5.74, 6) is -0.00353. The number of guanidine groups is 1. The lowest BCUT2D eigenvalue weighted by molar-refractivity contribution is -0.137. The molecule has 0 spiro atoms. The average Bonchev–Trinajstić information content (AvgIpc) is 2.71. The van der Waals surface area contributed by atoms with E-state index in [0.717, 1.165) is 17.7 Å². The van der Waals surface area contributed by atoms with Gasteiger partial charge in [-0.05, 0) is 41.5 Å². The highest BCUT2D eigenvalue weighted by molar-refractivity contribution is 5.84. The van der Waals surface area contributed by atoms with E-state index >= 15 is 0 Å². The number of nitrogens with zero attached hydrogens (tertiary/aromatic N) is 5. The van der Waals surface area contributed by atoms with Crippen molar-refractivity contribution in [2.24, 2.45) is 21.0 Å². The van der Waals surface area contributed by atoms with Gasteiger partial charge in [-0.25, -0.2) is 5.01 Å². The normalized spacial score (nSPS) is 12.7.